The van der Waals surface area contributed by atoms with Gasteiger partial charge in [0.2, 0.25) is 5.82 Å². The maximum absolute atomic E-state index is 13.4. The standard InChI is InChI=1S/C25H27Cl2N7O3/c26-16-2-3-17(20(27)10-16)18-12-32(8-1-7-29-23-5-4-22(34(36)37)24(28)31-23)13-19(18)25(35)30-21-14-33-9-6-15(21)11-33/h2-5,10,12-13,15,21H,1,6-9,11,14H2,(H,30,35)(H3,28,29,31)/t15-,21+/m1/s1. The molecule has 1 aromatic carbocycles. The number of anilines is 2. The van der Waals surface area contributed by atoms with Crippen LogP contribution in [0.5, 0.6) is 0 Å². The van der Waals surface area contributed by atoms with E-state index in [1.807, 2.05) is 23.0 Å². The fraction of sp³-hybridized carbons (Fsp3) is 0.360. The molecule has 4 heterocycles. The summed E-state index contributed by atoms with van der Waals surface area (Å²) < 4.78 is 1.97. The Morgan fingerprint density at radius 3 is 2.70 bits per heavy atom. The molecular weight excluding hydrogens is 517 g/mol. The van der Waals surface area contributed by atoms with E-state index >= 15 is 0 Å². The second kappa shape index (κ2) is 10.6. The highest BCUT2D eigenvalue weighted by Gasteiger charge is 2.39. The van der Waals surface area contributed by atoms with Crippen LogP contribution in [0.25, 0.3) is 11.1 Å². The van der Waals surface area contributed by atoms with Crippen LogP contribution in [0.15, 0.2) is 42.7 Å². The molecule has 0 radical (unpaired) electrons. The summed E-state index contributed by atoms with van der Waals surface area (Å²) in [6.07, 6.45) is 5.60. The van der Waals surface area contributed by atoms with Gasteiger partial charge in [-0.15, -0.1) is 0 Å². The Morgan fingerprint density at radius 1 is 1.19 bits per heavy atom. The number of aromatic nitrogens is 2. The fourth-order valence-corrected chi connectivity index (χ4v) is 5.64. The first kappa shape index (κ1) is 25.3. The highest BCUT2D eigenvalue weighted by Crippen LogP contribution is 2.34. The van der Waals surface area contributed by atoms with Crippen molar-refractivity contribution in [3.05, 3.63) is 68.4 Å². The average Bonchev–Trinajstić information content (AvgIpc) is 3.58. The van der Waals surface area contributed by atoms with Gasteiger partial charge in [0.1, 0.15) is 5.82 Å². The number of carbonyl (C=O) groups is 1. The van der Waals surface area contributed by atoms with Crippen molar-refractivity contribution in [1.82, 2.24) is 19.8 Å². The quantitative estimate of drug-likeness (QED) is 0.208. The second-order valence-electron chi connectivity index (χ2n) is 9.47. The monoisotopic (exact) mass is 543 g/mol. The molecule has 194 valence electrons. The Balaban J connectivity index is 1.29. The van der Waals surface area contributed by atoms with Gasteiger partial charge in [0.15, 0.2) is 0 Å². The molecule has 2 aliphatic rings. The highest BCUT2D eigenvalue weighted by molar-refractivity contribution is 6.36. The van der Waals surface area contributed by atoms with Crippen LogP contribution in [0.4, 0.5) is 17.3 Å². The highest BCUT2D eigenvalue weighted by atomic mass is 35.5. The van der Waals surface area contributed by atoms with E-state index in [0.29, 0.717) is 46.9 Å². The van der Waals surface area contributed by atoms with Crippen molar-refractivity contribution in [2.45, 2.75) is 25.4 Å². The average molecular weight is 544 g/mol. The van der Waals surface area contributed by atoms with Gasteiger partial charge < -0.3 is 25.8 Å². The third-order valence-electron chi connectivity index (χ3n) is 6.99. The van der Waals surface area contributed by atoms with Gasteiger partial charge in [-0.3, -0.25) is 14.9 Å². The number of pyridine rings is 1. The number of nitrogens with one attached hydrogen (secondary N) is 2. The smallest absolute Gasteiger partial charge is 0.311 e. The summed E-state index contributed by atoms with van der Waals surface area (Å²) in [4.78, 5) is 30.2. The number of nitrogen functional groups attached to an aromatic ring is 1. The number of piperidine rings is 1. The minimum Gasteiger partial charge on any atom is -0.378 e. The number of rotatable bonds is 9. The number of nitro groups is 1. The molecule has 0 saturated carbocycles. The van der Waals surface area contributed by atoms with Crippen molar-refractivity contribution in [2.24, 2.45) is 5.92 Å². The Labute approximate surface area is 223 Å². The normalized spacial score (nSPS) is 20.2. The molecule has 2 aliphatic heterocycles. The SMILES string of the molecule is Nc1nc(NCCCn2cc(C(=O)N[C@H]3CN4CC[C@@H]3C4)c(-c3ccc(Cl)cc3Cl)c2)ccc1[N+](=O)[O-]. The van der Waals surface area contributed by atoms with E-state index in [9.17, 15) is 14.9 Å². The van der Waals surface area contributed by atoms with Crippen molar-refractivity contribution >= 4 is 46.4 Å². The molecule has 3 aromatic rings. The number of nitrogens with two attached hydrogens (primary N) is 1. The van der Waals surface area contributed by atoms with Gasteiger partial charge >= 0.3 is 5.69 Å². The Bertz CT molecular complexity index is 1350. The topological polar surface area (TPSA) is 131 Å². The van der Waals surface area contributed by atoms with E-state index in [2.05, 4.69) is 20.5 Å². The molecule has 37 heavy (non-hydrogen) atoms. The number of hydrogen-bond acceptors (Lipinski definition) is 7. The lowest BCUT2D eigenvalue weighted by Crippen LogP contribution is -2.43. The lowest BCUT2D eigenvalue weighted by Gasteiger charge is -2.23. The molecule has 5 rings (SSSR count). The predicted octanol–water partition coefficient (Wildman–Crippen LogP) is 4.28. The number of fused-ring (bicyclic) bond motifs is 2. The molecule has 2 bridgehead atoms. The van der Waals surface area contributed by atoms with Crippen LogP contribution < -0.4 is 16.4 Å². The Kier molecular flexibility index (Phi) is 7.23. The minimum absolute atomic E-state index is 0.109. The molecule has 12 heteroatoms. The van der Waals surface area contributed by atoms with E-state index in [1.54, 1.807) is 12.1 Å². The molecule has 4 N–H and O–H groups in total. The molecule has 3 atom stereocenters. The maximum atomic E-state index is 13.4. The van der Waals surface area contributed by atoms with E-state index in [4.69, 9.17) is 28.9 Å². The predicted molar refractivity (Wildman–Crippen MR) is 144 cm³/mol. The summed E-state index contributed by atoms with van der Waals surface area (Å²) in [5.41, 5.74) is 7.51. The third kappa shape index (κ3) is 5.51. The van der Waals surface area contributed by atoms with Crippen molar-refractivity contribution < 1.29 is 9.72 Å². The number of halogens is 2. The van der Waals surface area contributed by atoms with Gasteiger partial charge in [-0.25, -0.2) is 4.98 Å². The first-order chi connectivity index (χ1) is 17.8. The minimum atomic E-state index is -0.564. The van der Waals surface area contributed by atoms with Gasteiger partial charge in [0, 0.05) is 71.9 Å². The summed E-state index contributed by atoms with van der Waals surface area (Å²) in [6.45, 7) is 4.22. The van der Waals surface area contributed by atoms with Gasteiger partial charge in [-0.05, 0) is 43.5 Å². The zero-order valence-corrected chi connectivity index (χ0v) is 21.5. The molecule has 10 nitrogen and oxygen atoms in total. The number of carbonyl (C=O) groups excluding carboxylic acids is 1. The summed E-state index contributed by atoms with van der Waals surface area (Å²) in [5.74, 6) is 0.725. The van der Waals surface area contributed by atoms with E-state index in [0.717, 1.165) is 37.2 Å². The van der Waals surface area contributed by atoms with Crippen LogP contribution in [-0.4, -0.2) is 57.5 Å². The lowest BCUT2D eigenvalue weighted by atomic mass is 9.99. The van der Waals surface area contributed by atoms with Crippen LogP contribution >= 0.6 is 23.2 Å². The zero-order chi connectivity index (χ0) is 26.1. The molecule has 2 fully saturated rings. The number of hydrogen-bond donors (Lipinski definition) is 3. The van der Waals surface area contributed by atoms with E-state index in [-0.39, 0.29) is 23.5 Å². The van der Waals surface area contributed by atoms with Crippen LogP contribution in [-0.2, 0) is 6.54 Å². The lowest BCUT2D eigenvalue weighted by molar-refractivity contribution is -0.384. The molecular formula is C25H27Cl2N7O3. The molecule has 2 saturated heterocycles. The van der Waals surface area contributed by atoms with Gasteiger partial charge in [0.05, 0.1) is 10.5 Å². The largest absolute Gasteiger partial charge is 0.378 e. The number of nitrogens with zero attached hydrogens (tertiary/aromatic N) is 4. The molecule has 0 aliphatic carbocycles. The van der Waals surface area contributed by atoms with Gasteiger partial charge in [-0.2, -0.15) is 0 Å². The van der Waals surface area contributed by atoms with Gasteiger partial charge in [0.25, 0.3) is 5.91 Å². The third-order valence-corrected chi connectivity index (χ3v) is 7.54. The number of aryl methyl sites for hydroxylation is 1. The second-order valence-corrected chi connectivity index (χ2v) is 10.3. The van der Waals surface area contributed by atoms with E-state index in [1.165, 1.54) is 12.1 Å². The summed E-state index contributed by atoms with van der Waals surface area (Å²) >= 11 is 12.6. The molecule has 0 spiro atoms. The number of benzene rings is 1. The molecule has 1 unspecified atom stereocenters. The Hall–Kier alpha value is -3.34. The van der Waals surface area contributed by atoms with Crippen LogP contribution in [0.1, 0.15) is 23.2 Å². The van der Waals surface area contributed by atoms with Crippen molar-refractivity contribution in [1.29, 1.82) is 0 Å². The van der Waals surface area contributed by atoms with Crippen LogP contribution in [0.2, 0.25) is 10.0 Å². The Morgan fingerprint density at radius 2 is 2.03 bits per heavy atom. The molecule has 2 aromatic heterocycles. The molecule has 1 amide bonds. The first-order valence-corrected chi connectivity index (χ1v) is 12.9. The fourth-order valence-electron chi connectivity index (χ4n) is 5.13. The first-order valence-electron chi connectivity index (χ1n) is 12.1. The summed E-state index contributed by atoms with van der Waals surface area (Å²) in [6, 6.07) is 8.28. The van der Waals surface area contributed by atoms with Crippen molar-refractivity contribution in [2.75, 3.05) is 37.2 Å². The van der Waals surface area contributed by atoms with Crippen molar-refractivity contribution in [3.8, 4) is 11.1 Å². The zero-order valence-electron chi connectivity index (χ0n) is 20.0. The maximum Gasteiger partial charge on any atom is 0.311 e. The van der Waals surface area contributed by atoms with E-state index < -0.39 is 4.92 Å². The summed E-state index contributed by atoms with van der Waals surface area (Å²) in [7, 11) is 0. The van der Waals surface area contributed by atoms with Crippen LogP contribution in [0.3, 0.4) is 0 Å². The van der Waals surface area contributed by atoms with Gasteiger partial charge in [-0.1, -0.05) is 29.3 Å². The van der Waals surface area contributed by atoms with Crippen LogP contribution in [0, 0.1) is 16.0 Å². The summed E-state index contributed by atoms with van der Waals surface area (Å²) in [5, 5.41) is 18.3. The van der Waals surface area contributed by atoms with Crippen molar-refractivity contribution in [3.63, 3.8) is 0 Å². The number of amides is 1.